The summed E-state index contributed by atoms with van der Waals surface area (Å²) in [6, 6.07) is 3.45. The Kier molecular flexibility index (Phi) is 3.13. The number of aromatic nitrogens is 1. The third-order valence-electron chi connectivity index (χ3n) is 2.05. The summed E-state index contributed by atoms with van der Waals surface area (Å²) >= 11 is 21.4. The van der Waals surface area contributed by atoms with Crippen LogP contribution in [0, 0.1) is 6.92 Å². The summed E-state index contributed by atoms with van der Waals surface area (Å²) in [4.78, 5) is 4.32. The molecule has 0 aliphatic heterocycles. The van der Waals surface area contributed by atoms with E-state index in [2.05, 4.69) is 20.9 Å². The Morgan fingerprint density at radius 2 is 1.87 bits per heavy atom. The molecule has 15 heavy (non-hydrogen) atoms. The second-order valence-electron chi connectivity index (χ2n) is 3.11. The van der Waals surface area contributed by atoms with Crippen LogP contribution in [0.4, 0.5) is 0 Å². The number of benzene rings is 1. The molecular weight excluding hydrogens is 320 g/mol. The number of hydrogen-bond donors (Lipinski definition) is 0. The number of halogens is 4. The quantitative estimate of drug-likeness (QED) is 0.643. The van der Waals surface area contributed by atoms with Crippen molar-refractivity contribution in [1.82, 2.24) is 4.98 Å². The van der Waals surface area contributed by atoms with Crippen molar-refractivity contribution >= 4 is 61.6 Å². The zero-order chi connectivity index (χ0) is 11.2. The molecule has 1 aromatic carbocycles. The van der Waals surface area contributed by atoms with Crippen LogP contribution in [0.1, 0.15) is 5.69 Å². The minimum atomic E-state index is 0.526. The number of rotatable bonds is 0. The average Bonchev–Trinajstić information content (AvgIpc) is 2.17. The molecule has 5 heteroatoms. The highest BCUT2D eigenvalue weighted by molar-refractivity contribution is 9.10. The lowest BCUT2D eigenvalue weighted by Gasteiger charge is -2.07. The molecule has 0 bridgehead atoms. The zero-order valence-corrected chi connectivity index (χ0v) is 11.5. The van der Waals surface area contributed by atoms with E-state index in [1.54, 1.807) is 12.1 Å². The van der Waals surface area contributed by atoms with Gasteiger partial charge in [-0.2, -0.15) is 0 Å². The van der Waals surface area contributed by atoms with Crippen LogP contribution in [0.5, 0.6) is 0 Å². The van der Waals surface area contributed by atoms with E-state index in [1.807, 2.05) is 6.92 Å². The van der Waals surface area contributed by atoms with E-state index in [9.17, 15) is 0 Å². The fourth-order valence-corrected chi connectivity index (χ4v) is 2.61. The summed E-state index contributed by atoms with van der Waals surface area (Å²) < 4.78 is 0.774. The number of nitrogens with zero attached hydrogens (tertiary/aromatic N) is 1. The molecule has 78 valence electrons. The van der Waals surface area contributed by atoms with Gasteiger partial charge >= 0.3 is 0 Å². The zero-order valence-electron chi connectivity index (χ0n) is 7.61. The predicted octanol–water partition coefficient (Wildman–Crippen LogP) is 5.27. The highest BCUT2D eigenvalue weighted by atomic mass is 79.9. The molecule has 1 nitrogen and oxygen atoms in total. The van der Waals surface area contributed by atoms with E-state index in [0.29, 0.717) is 20.6 Å². The number of fused-ring (bicyclic) bond motifs is 1. The lowest BCUT2D eigenvalue weighted by molar-refractivity contribution is 1.25. The van der Waals surface area contributed by atoms with Crippen molar-refractivity contribution in [1.29, 1.82) is 0 Å². The smallest absolute Gasteiger partial charge is 0.0904 e. The van der Waals surface area contributed by atoms with Crippen molar-refractivity contribution in [3.05, 3.63) is 37.4 Å². The first-order chi connectivity index (χ1) is 7.00. The van der Waals surface area contributed by atoms with Gasteiger partial charge in [0.2, 0.25) is 0 Å². The topological polar surface area (TPSA) is 12.9 Å². The molecule has 0 radical (unpaired) electrons. The van der Waals surface area contributed by atoms with Crippen molar-refractivity contribution in [3.63, 3.8) is 0 Å². The van der Waals surface area contributed by atoms with Gasteiger partial charge in [0.25, 0.3) is 0 Å². The van der Waals surface area contributed by atoms with E-state index in [-0.39, 0.29) is 0 Å². The van der Waals surface area contributed by atoms with Crippen LogP contribution in [-0.2, 0) is 0 Å². The molecular formula is C10H5BrCl3N. The van der Waals surface area contributed by atoms with Gasteiger partial charge in [-0.05, 0) is 35.0 Å². The van der Waals surface area contributed by atoms with E-state index in [1.165, 1.54) is 0 Å². The van der Waals surface area contributed by atoms with Crippen LogP contribution in [0.3, 0.4) is 0 Å². The van der Waals surface area contributed by atoms with Crippen LogP contribution < -0.4 is 0 Å². The Hall–Kier alpha value is -0.0200. The Balaban J connectivity index is 2.98. The second-order valence-corrected chi connectivity index (χ2v) is 5.12. The normalized spacial score (nSPS) is 11.0. The fraction of sp³-hybridized carbons (Fsp3) is 0.100. The molecule has 0 fully saturated rings. The van der Waals surface area contributed by atoms with Gasteiger partial charge in [-0.3, -0.25) is 0 Å². The maximum atomic E-state index is 6.07. The molecule has 0 saturated heterocycles. The SMILES string of the molecule is Cc1nc2c(Cl)cc(Cl)cc2c(Br)c1Cl. The number of aryl methyl sites for hydroxylation is 1. The van der Waals surface area contributed by atoms with Gasteiger partial charge in [0.15, 0.2) is 0 Å². The van der Waals surface area contributed by atoms with Crippen LogP contribution in [0.25, 0.3) is 10.9 Å². The molecule has 2 rings (SSSR count). The van der Waals surface area contributed by atoms with Gasteiger partial charge in [-0.15, -0.1) is 0 Å². The summed E-state index contributed by atoms with van der Waals surface area (Å²) in [7, 11) is 0. The first-order valence-corrected chi connectivity index (χ1v) is 6.03. The molecule has 0 saturated carbocycles. The standard InChI is InChI=1S/C10H5BrCl3N/c1-4-9(14)8(11)6-2-5(12)3-7(13)10(6)15-4/h2-3H,1H3. The Morgan fingerprint density at radius 1 is 1.20 bits per heavy atom. The van der Waals surface area contributed by atoms with Crippen molar-refractivity contribution in [2.75, 3.05) is 0 Å². The molecule has 1 heterocycles. The minimum absolute atomic E-state index is 0.526. The lowest BCUT2D eigenvalue weighted by Crippen LogP contribution is -1.88. The van der Waals surface area contributed by atoms with Gasteiger partial charge in [0, 0.05) is 14.9 Å². The van der Waals surface area contributed by atoms with Gasteiger partial charge < -0.3 is 0 Å². The van der Waals surface area contributed by atoms with E-state index in [4.69, 9.17) is 34.8 Å². The summed E-state index contributed by atoms with van der Waals surface area (Å²) in [6.45, 7) is 1.83. The highest BCUT2D eigenvalue weighted by Gasteiger charge is 2.11. The molecule has 0 atom stereocenters. The van der Waals surface area contributed by atoms with E-state index >= 15 is 0 Å². The Labute approximate surface area is 110 Å². The first-order valence-electron chi connectivity index (χ1n) is 4.11. The molecule has 0 amide bonds. The summed E-state index contributed by atoms with van der Waals surface area (Å²) in [5, 5.41) is 2.50. The molecule has 0 unspecified atom stereocenters. The van der Waals surface area contributed by atoms with Crippen LogP contribution in [0.15, 0.2) is 16.6 Å². The van der Waals surface area contributed by atoms with Crippen LogP contribution in [-0.4, -0.2) is 4.98 Å². The maximum absolute atomic E-state index is 6.07. The van der Waals surface area contributed by atoms with Gasteiger partial charge in [-0.25, -0.2) is 4.98 Å². The van der Waals surface area contributed by atoms with Gasteiger partial charge in [0.05, 0.1) is 21.3 Å². The van der Waals surface area contributed by atoms with Crippen LogP contribution >= 0.6 is 50.7 Å². The third-order valence-corrected chi connectivity index (χ3v) is 4.08. The van der Waals surface area contributed by atoms with Gasteiger partial charge in [-0.1, -0.05) is 34.8 Å². The van der Waals surface area contributed by atoms with Crippen molar-refractivity contribution < 1.29 is 0 Å². The molecule has 0 aliphatic carbocycles. The molecule has 1 aromatic heterocycles. The Morgan fingerprint density at radius 3 is 2.53 bits per heavy atom. The highest BCUT2D eigenvalue weighted by Crippen LogP contribution is 2.36. The predicted molar refractivity (Wildman–Crippen MR) is 69.2 cm³/mol. The van der Waals surface area contributed by atoms with Crippen LogP contribution in [0.2, 0.25) is 15.1 Å². The van der Waals surface area contributed by atoms with Crippen molar-refractivity contribution in [2.45, 2.75) is 6.92 Å². The van der Waals surface area contributed by atoms with Gasteiger partial charge in [0.1, 0.15) is 0 Å². The first kappa shape index (κ1) is 11.5. The molecule has 0 aliphatic rings. The summed E-state index contributed by atoms with van der Waals surface area (Å²) in [6.07, 6.45) is 0. The summed E-state index contributed by atoms with van der Waals surface area (Å²) in [5.41, 5.74) is 1.44. The monoisotopic (exact) mass is 323 g/mol. The molecule has 0 spiro atoms. The van der Waals surface area contributed by atoms with Crippen molar-refractivity contribution in [3.8, 4) is 0 Å². The lowest BCUT2D eigenvalue weighted by atomic mass is 10.2. The summed E-state index contributed by atoms with van der Waals surface area (Å²) in [5.74, 6) is 0. The second kappa shape index (κ2) is 4.10. The van der Waals surface area contributed by atoms with E-state index < -0.39 is 0 Å². The largest absolute Gasteiger partial charge is 0.250 e. The number of hydrogen-bond acceptors (Lipinski definition) is 1. The van der Waals surface area contributed by atoms with E-state index in [0.717, 1.165) is 15.6 Å². The maximum Gasteiger partial charge on any atom is 0.0904 e. The molecule has 0 N–H and O–H groups in total. The third kappa shape index (κ3) is 1.96. The molecule has 2 aromatic rings. The minimum Gasteiger partial charge on any atom is -0.250 e. The van der Waals surface area contributed by atoms with Crippen molar-refractivity contribution in [2.24, 2.45) is 0 Å². The fourth-order valence-electron chi connectivity index (χ4n) is 1.34. The average molecular weight is 325 g/mol. The number of pyridine rings is 1. The Bertz CT molecular complexity index is 554.